The van der Waals surface area contributed by atoms with Crippen molar-refractivity contribution in [2.24, 2.45) is 0 Å². The fourth-order valence-electron chi connectivity index (χ4n) is 2.71. The molecule has 0 aromatic heterocycles. The zero-order valence-corrected chi connectivity index (χ0v) is 14.2. The number of hydrogen-bond acceptors (Lipinski definition) is 3. The van der Waals surface area contributed by atoms with E-state index in [4.69, 9.17) is 0 Å². The molecule has 1 atom stereocenters. The molecule has 1 aliphatic rings. The number of carbonyl (C=O) groups excluding carboxylic acids is 1. The van der Waals surface area contributed by atoms with Gasteiger partial charge in [0.1, 0.15) is 0 Å². The molecule has 128 valence electrons. The first-order valence-electron chi connectivity index (χ1n) is 8.47. The fourth-order valence-corrected chi connectivity index (χ4v) is 2.71. The minimum atomic E-state index is -0.666. The van der Waals surface area contributed by atoms with Gasteiger partial charge in [-0.05, 0) is 45.2 Å². The Hall–Kier alpha value is -1.59. The molecule has 1 unspecified atom stereocenters. The molecule has 1 aliphatic carbocycles. The van der Waals surface area contributed by atoms with Gasteiger partial charge in [0.25, 0.3) is 0 Å². The molecule has 5 heteroatoms. The molecule has 23 heavy (non-hydrogen) atoms. The molecule has 2 amide bonds. The Labute approximate surface area is 139 Å². The number of amides is 2. The van der Waals surface area contributed by atoms with Gasteiger partial charge in [0.15, 0.2) is 0 Å². The largest absolute Gasteiger partial charge is 0.388 e. The number of urea groups is 1. The second kappa shape index (κ2) is 8.31. The molecular weight excluding hydrogens is 290 g/mol. The van der Waals surface area contributed by atoms with Gasteiger partial charge in [-0.25, -0.2) is 4.79 Å². The fraction of sp³-hybridized carbons (Fsp3) is 0.611. The van der Waals surface area contributed by atoms with Crippen molar-refractivity contribution in [3.63, 3.8) is 0 Å². The molecule has 3 N–H and O–H groups in total. The highest BCUT2D eigenvalue weighted by Crippen LogP contribution is 2.30. The van der Waals surface area contributed by atoms with Crippen LogP contribution >= 0.6 is 0 Å². The van der Waals surface area contributed by atoms with Crippen molar-refractivity contribution in [1.82, 2.24) is 15.5 Å². The average Bonchev–Trinajstić information content (AvgIpc) is 2.52. The van der Waals surface area contributed by atoms with Crippen molar-refractivity contribution in [2.75, 3.05) is 20.1 Å². The van der Waals surface area contributed by atoms with Crippen molar-refractivity contribution < 1.29 is 9.90 Å². The maximum Gasteiger partial charge on any atom is 0.314 e. The highest BCUT2D eigenvalue weighted by atomic mass is 16.3. The van der Waals surface area contributed by atoms with E-state index < -0.39 is 5.60 Å². The molecule has 0 saturated heterocycles. The normalized spacial score (nSPS) is 17.4. The average molecular weight is 319 g/mol. The SMILES string of the molecule is CC(CCNC(=O)NCC1(O)CCC1)N(C)Cc1ccccc1. The zero-order chi connectivity index (χ0) is 16.7. The maximum atomic E-state index is 11.7. The van der Waals surface area contributed by atoms with Crippen LogP contribution in [0.15, 0.2) is 30.3 Å². The first-order chi connectivity index (χ1) is 11.0. The summed E-state index contributed by atoms with van der Waals surface area (Å²) in [6.45, 7) is 4.05. The summed E-state index contributed by atoms with van der Waals surface area (Å²) in [4.78, 5) is 14.0. The quantitative estimate of drug-likeness (QED) is 0.687. The molecular formula is C18H29N3O2. The third-order valence-electron chi connectivity index (χ3n) is 4.74. The van der Waals surface area contributed by atoms with E-state index in [1.165, 1.54) is 5.56 Å². The van der Waals surface area contributed by atoms with Crippen LogP contribution < -0.4 is 10.6 Å². The van der Waals surface area contributed by atoms with Crippen LogP contribution in [0.4, 0.5) is 4.79 Å². The van der Waals surface area contributed by atoms with Crippen molar-refractivity contribution >= 4 is 6.03 Å². The summed E-state index contributed by atoms with van der Waals surface area (Å²) in [7, 11) is 2.10. The number of carbonyl (C=O) groups is 1. The van der Waals surface area contributed by atoms with Crippen LogP contribution in [0.25, 0.3) is 0 Å². The smallest absolute Gasteiger partial charge is 0.314 e. The van der Waals surface area contributed by atoms with Crippen LogP contribution in [0.5, 0.6) is 0 Å². The third kappa shape index (κ3) is 5.84. The van der Waals surface area contributed by atoms with Gasteiger partial charge in [0.2, 0.25) is 0 Å². The lowest BCUT2D eigenvalue weighted by Crippen LogP contribution is -2.50. The summed E-state index contributed by atoms with van der Waals surface area (Å²) in [5, 5.41) is 15.6. The Kier molecular flexibility index (Phi) is 6.42. The van der Waals surface area contributed by atoms with Gasteiger partial charge in [-0.1, -0.05) is 30.3 Å². The van der Waals surface area contributed by atoms with Gasteiger partial charge in [-0.2, -0.15) is 0 Å². The van der Waals surface area contributed by atoms with E-state index in [2.05, 4.69) is 53.8 Å². The first kappa shape index (κ1) is 17.8. The van der Waals surface area contributed by atoms with Crippen LogP contribution in [0.3, 0.4) is 0 Å². The Morgan fingerprint density at radius 3 is 2.61 bits per heavy atom. The van der Waals surface area contributed by atoms with E-state index in [-0.39, 0.29) is 6.03 Å². The van der Waals surface area contributed by atoms with Crippen LogP contribution in [0.2, 0.25) is 0 Å². The van der Waals surface area contributed by atoms with E-state index in [9.17, 15) is 9.90 Å². The van der Waals surface area contributed by atoms with E-state index in [1.54, 1.807) is 0 Å². The molecule has 0 aliphatic heterocycles. The summed E-state index contributed by atoms with van der Waals surface area (Å²) < 4.78 is 0. The molecule has 2 rings (SSSR count). The van der Waals surface area contributed by atoms with Crippen LogP contribution in [0.1, 0.15) is 38.2 Å². The summed E-state index contributed by atoms with van der Waals surface area (Å²) in [6.07, 6.45) is 3.51. The predicted octanol–water partition coefficient (Wildman–Crippen LogP) is 2.11. The van der Waals surface area contributed by atoms with Gasteiger partial charge in [0.05, 0.1) is 5.60 Å². The molecule has 5 nitrogen and oxygen atoms in total. The number of benzene rings is 1. The zero-order valence-electron chi connectivity index (χ0n) is 14.2. The molecule has 0 spiro atoms. The summed E-state index contributed by atoms with van der Waals surface area (Å²) in [5.41, 5.74) is 0.627. The minimum Gasteiger partial charge on any atom is -0.388 e. The lowest BCUT2D eigenvalue weighted by atomic mass is 9.80. The highest BCUT2D eigenvalue weighted by Gasteiger charge is 2.34. The number of rotatable bonds is 8. The lowest BCUT2D eigenvalue weighted by molar-refractivity contribution is -0.0290. The van der Waals surface area contributed by atoms with E-state index in [1.807, 2.05) is 6.07 Å². The lowest BCUT2D eigenvalue weighted by Gasteiger charge is -2.36. The summed E-state index contributed by atoms with van der Waals surface area (Å²) in [6, 6.07) is 10.6. The second-order valence-electron chi connectivity index (χ2n) is 6.73. The van der Waals surface area contributed by atoms with Gasteiger partial charge in [0, 0.05) is 25.7 Å². The molecule has 0 heterocycles. The second-order valence-corrected chi connectivity index (χ2v) is 6.73. The van der Waals surface area contributed by atoms with Crippen molar-refractivity contribution in [1.29, 1.82) is 0 Å². The number of nitrogens with one attached hydrogen (secondary N) is 2. The minimum absolute atomic E-state index is 0.191. The van der Waals surface area contributed by atoms with Crippen molar-refractivity contribution in [3.8, 4) is 0 Å². The van der Waals surface area contributed by atoms with E-state index in [0.717, 1.165) is 32.2 Å². The molecule has 1 aromatic carbocycles. The van der Waals surface area contributed by atoms with Crippen molar-refractivity contribution in [2.45, 2.75) is 50.8 Å². The third-order valence-corrected chi connectivity index (χ3v) is 4.74. The Morgan fingerprint density at radius 2 is 2.00 bits per heavy atom. The molecule has 1 saturated carbocycles. The van der Waals surface area contributed by atoms with Crippen LogP contribution in [-0.4, -0.2) is 47.8 Å². The molecule has 0 radical (unpaired) electrons. The molecule has 1 aromatic rings. The molecule has 1 fully saturated rings. The maximum absolute atomic E-state index is 11.7. The summed E-state index contributed by atoms with van der Waals surface area (Å²) >= 11 is 0. The Morgan fingerprint density at radius 1 is 1.30 bits per heavy atom. The van der Waals surface area contributed by atoms with Crippen molar-refractivity contribution in [3.05, 3.63) is 35.9 Å². The number of aliphatic hydroxyl groups is 1. The topological polar surface area (TPSA) is 64.6 Å². The van der Waals surface area contributed by atoms with E-state index >= 15 is 0 Å². The Bertz CT molecular complexity index is 488. The number of hydrogen-bond donors (Lipinski definition) is 3. The predicted molar refractivity (Wildman–Crippen MR) is 92.2 cm³/mol. The number of nitrogens with zero attached hydrogens (tertiary/aromatic N) is 1. The van der Waals surface area contributed by atoms with E-state index in [0.29, 0.717) is 19.1 Å². The first-order valence-corrected chi connectivity index (χ1v) is 8.47. The van der Waals surface area contributed by atoms with Gasteiger partial charge in [-0.3, -0.25) is 4.90 Å². The van der Waals surface area contributed by atoms with Gasteiger partial charge >= 0.3 is 6.03 Å². The summed E-state index contributed by atoms with van der Waals surface area (Å²) in [5.74, 6) is 0. The molecule has 0 bridgehead atoms. The highest BCUT2D eigenvalue weighted by molar-refractivity contribution is 5.73. The van der Waals surface area contributed by atoms with Crippen LogP contribution in [0, 0.1) is 0 Å². The van der Waals surface area contributed by atoms with Crippen LogP contribution in [-0.2, 0) is 6.54 Å². The monoisotopic (exact) mass is 319 g/mol. The van der Waals surface area contributed by atoms with Gasteiger partial charge in [-0.15, -0.1) is 0 Å². The van der Waals surface area contributed by atoms with Gasteiger partial charge < -0.3 is 15.7 Å². The standard InChI is InChI=1S/C18H29N3O2/c1-15(21(2)13-16-7-4-3-5-8-16)9-12-19-17(22)20-14-18(23)10-6-11-18/h3-5,7-8,15,23H,6,9-14H2,1-2H3,(H2,19,20,22). The Balaban J connectivity index is 1.60.